The quantitative estimate of drug-likeness (QED) is 0.664. The van der Waals surface area contributed by atoms with Crippen molar-refractivity contribution in [3.63, 3.8) is 0 Å². The first kappa shape index (κ1) is 16.2. The average molecular weight is 334 g/mol. The normalized spacial score (nSPS) is 23.7. The SMILES string of the molecule is Cc1ccc(OCCCN2C(=O)NC3(CCSC3)C2=O)cc1C. The fourth-order valence-corrected chi connectivity index (χ4v) is 4.25. The number of rotatable bonds is 5. The Kier molecular flexibility index (Phi) is 4.53. The summed E-state index contributed by atoms with van der Waals surface area (Å²) in [5.41, 5.74) is 1.78. The van der Waals surface area contributed by atoms with Gasteiger partial charge in [0.1, 0.15) is 11.3 Å². The zero-order chi connectivity index (χ0) is 16.4. The molecule has 3 rings (SSSR count). The van der Waals surface area contributed by atoms with Crippen LogP contribution >= 0.6 is 11.8 Å². The molecule has 2 aliphatic heterocycles. The molecule has 2 fully saturated rings. The van der Waals surface area contributed by atoms with Gasteiger partial charge in [-0.25, -0.2) is 4.79 Å². The number of urea groups is 1. The Bertz CT molecular complexity index is 626. The molecule has 2 heterocycles. The van der Waals surface area contributed by atoms with Crippen LogP contribution < -0.4 is 10.1 Å². The number of hydrogen-bond acceptors (Lipinski definition) is 4. The number of aryl methyl sites for hydroxylation is 2. The number of hydrogen-bond donors (Lipinski definition) is 1. The van der Waals surface area contributed by atoms with Crippen LogP contribution in [0.1, 0.15) is 24.0 Å². The Morgan fingerprint density at radius 1 is 1.30 bits per heavy atom. The van der Waals surface area contributed by atoms with Gasteiger partial charge in [-0.05, 0) is 55.7 Å². The lowest BCUT2D eigenvalue weighted by atomic mass is 9.99. The van der Waals surface area contributed by atoms with Crippen LogP contribution in [0, 0.1) is 13.8 Å². The Balaban J connectivity index is 1.50. The number of benzene rings is 1. The molecule has 6 heteroatoms. The number of amides is 3. The molecule has 2 saturated heterocycles. The highest BCUT2D eigenvalue weighted by atomic mass is 32.2. The highest BCUT2D eigenvalue weighted by Crippen LogP contribution is 2.33. The van der Waals surface area contributed by atoms with Crippen LogP contribution in [0.3, 0.4) is 0 Å². The van der Waals surface area contributed by atoms with Crippen molar-refractivity contribution in [1.29, 1.82) is 0 Å². The van der Waals surface area contributed by atoms with E-state index in [1.807, 2.05) is 18.2 Å². The summed E-state index contributed by atoms with van der Waals surface area (Å²) in [4.78, 5) is 25.9. The summed E-state index contributed by atoms with van der Waals surface area (Å²) in [6.07, 6.45) is 1.37. The summed E-state index contributed by atoms with van der Waals surface area (Å²) in [7, 11) is 0. The van der Waals surface area contributed by atoms with Gasteiger partial charge < -0.3 is 10.1 Å². The molecule has 0 bridgehead atoms. The lowest BCUT2D eigenvalue weighted by Crippen LogP contribution is -2.47. The summed E-state index contributed by atoms with van der Waals surface area (Å²) >= 11 is 1.72. The van der Waals surface area contributed by atoms with Crippen LogP contribution in [-0.4, -0.2) is 47.0 Å². The summed E-state index contributed by atoms with van der Waals surface area (Å²) in [5.74, 6) is 2.37. The van der Waals surface area contributed by atoms with Crippen molar-refractivity contribution in [2.45, 2.75) is 32.2 Å². The second kappa shape index (κ2) is 6.43. The van der Waals surface area contributed by atoms with Crippen molar-refractivity contribution in [3.8, 4) is 5.75 Å². The molecule has 1 spiro atoms. The third kappa shape index (κ3) is 3.17. The van der Waals surface area contributed by atoms with E-state index in [0.717, 1.165) is 17.9 Å². The van der Waals surface area contributed by atoms with Gasteiger partial charge in [0.2, 0.25) is 0 Å². The number of carbonyl (C=O) groups is 2. The number of ether oxygens (including phenoxy) is 1. The molecule has 0 saturated carbocycles. The first-order valence-corrected chi connectivity index (χ1v) is 9.09. The van der Waals surface area contributed by atoms with Gasteiger partial charge in [-0.1, -0.05) is 6.07 Å². The van der Waals surface area contributed by atoms with Crippen LogP contribution in [-0.2, 0) is 4.79 Å². The zero-order valence-electron chi connectivity index (χ0n) is 13.6. The summed E-state index contributed by atoms with van der Waals surface area (Å²) in [6.45, 7) is 5.01. The van der Waals surface area contributed by atoms with Gasteiger partial charge in [0.25, 0.3) is 5.91 Å². The molecule has 5 nitrogen and oxygen atoms in total. The zero-order valence-corrected chi connectivity index (χ0v) is 14.4. The van der Waals surface area contributed by atoms with E-state index in [4.69, 9.17) is 4.74 Å². The highest BCUT2D eigenvalue weighted by molar-refractivity contribution is 7.99. The molecule has 2 aliphatic rings. The standard InChI is InChI=1S/C17H22N2O3S/c1-12-4-5-14(10-13(12)2)22-8-3-7-19-15(20)17(18-16(19)21)6-9-23-11-17/h4-5,10H,3,6-9,11H2,1-2H3,(H,18,21). The van der Waals surface area contributed by atoms with Crippen molar-refractivity contribution in [2.24, 2.45) is 0 Å². The second-order valence-corrected chi connectivity index (χ2v) is 7.32. The topological polar surface area (TPSA) is 58.6 Å². The number of imide groups is 1. The summed E-state index contributed by atoms with van der Waals surface area (Å²) in [6, 6.07) is 5.72. The Morgan fingerprint density at radius 2 is 2.13 bits per heavy atom. The smallest absolute Gasteiger partial charge is 0.325 e. The Morgan fingerprint density at radius 3 is 2.83 bits per heavy atom. The van der Waals surface area contributed by atoms with E-state index in [-0.39, 0.29) is 11.9 Å². The lowest BCUT2D eigenvalue weighted by Gasteiger charge is -2.19. The van der Waals surface area contributed by atoms with Gasteiger partial charge in [-0.15, -0.1) is 0 Å². The van der Waals surface area contributed by atoms with Crippen LogP contribution in [0.2, 0.25) is 0 Å². The van der Waals surface area contributed by atoms with E-state index in [9.17, 15) is 9.59 Å². The van der Waals surface area contributed by atoms with Gasteiger partial charge in [0, 0.05) is 12.3 Å². The van der Waals surface area contributed by atoms with Crippen molar-refractivity contribution in [2.75, 3.05) is 24.7 Å². The molecule has 124 valence electrons. The Hall–Kier alpha value is -1.69. The van der Waals surface area contributed by atoms with Gasteiger partial charge in [0.05, 0.1) is 6.61 Å². The molecule has 0 radical (unpaired) electrons. The molecule has 1 N–H and O–H groups in total. The van der Waals surface area contributed by atoms with E-state index in [1.54, 1.807) is 11.8 Å². The maximum Gasteiger partial charge on any atom is 0.325 e. The number of carbonyl (C=O) groups excluding carboxylic acids is 2. The molecule has 1 aromatic carbocycles. The molecule has 0 aliphatic carbocycles. The van der Waals surface area contributed by atoms with Gasteiger partial charge in [0.15, 0.2) is 0 Å². The Labute approximate surface area is 140 Å². The van der Waals surface area contributed by atoms with Crippen molar-refractivity contribution < 1.29 is 14.3 Å². The molecule has 1 atom stereocenters. The van der Waals surface area contributed by atoms with E-state index in [1.165, 1.54) is 16.0 Å². The summed E-state index contributed by atoms with van der Waals surface area (Å²) < 4.78 is 5.72. The van der Waals surface area contributed by atoms with Gasteiger partial charge in [-0.2, -0.15) is 11.8 Å². The van der Waals surface area contributed by atoms with E-state index in [2.05, 4.69) is 19.2 Å². The predicted molar refractivity (Wildman–Crippen MR) is 90.9 cm³/mol. The third-order valence-electron chi connectivity index (χ3n) is 4.54. The van der Waals surface area contributed by atoms with E-state index in [0.29, 0.717) is 25.3 Å². The number of thioether (sulfide) groups is 1. The molecular formula is C17H22N2O3S. The van der Waals surface area contributed by atoms with Crippen LogP contribution in [0.15, 0.2) is 18.2 Å². The largest absolute Gasteiger partial charge is 0.494 e. The average Bonchev–Trinajstić information content (AvgIpc) is 3.07. The molecule has 0 aromatic heterocycles. The van der Waals surface area contributed by atoms with Crippen LogP contribution in [0.25, 0.3) is 0 Å². The van der Waals surface area contributed by atoms with Crippen molar-refractivity contribution in [3.05, 3.63) is 29.3 Å². The molecule has 1 unspecified atom stereocenters. The van der Waals surface area contributed by atoms with Crippen molar-refractivity contribution in [1.82, 2.24) is 10.2 Å². The first-order chi connectivity index (χ1) is 11.0. The first-order valence-electron chi connectivity index (χ1n) is 7.94. The fourth-order valence-electron chi connectivity index (χ4n) is 2.93. The minimum atomic E-state index is -0.642. The monoisotopic (exact) mass is 334 g/mol. The van der Waals surface area contributed by atoms with Crippen LogP contribution in [0.5, 0.6) is 5.75 Å². The molecular weight excluding hydrogens is 312 g/mol. The minimum Gasteiger partial charge on any atom is -0.494 e. The number of nitrogens with zero attached hydrogens (tertiary/aromatic N) is 1. The lowest BCUT2D eigenvalue weighted by molar-refractivity contribution is -0.130. The van der Waals surface area contributed by atoms with Crippen LogP contribution in [0.4, 0.5) is 4.79 Å². The van der Waals surface area contributed by atoms with Gasteiger partial charge in [-0.3, -0.25) is 9.69 Å². The minimum absolute atomic E-state index is 0.0707. The van der Waals surface area contributed by atoms with Crippen molar-refractivity contribution >= 4 is 23.7 Å². The van der Waals surface area contributed by atoms with Gasteiger partial charge >= 0.3 is 6.03 Å². The second-order valence-electron chi connectivity index (χ2n) is 6.22. The van der Waals surface area contributed by atoms with E-state index < -0.39 is 5.54 Å². The maximum absolute atomic E-state index is 12.5. The van der Waals surface area contributed by atoms with E-state index >= 15 is 0 Å². The maximum atomic E-state index is 12.5. The molecule has 1 aromatic rings. The fraction of sp³-hybridized carbons (Fsp3) is 0.529. The molecule has 23 heavy (non-hydrogen) atoms. The predicted octanol–water partition coefficient (Wildman–Crippen LogP) is 2.50. The summed E-state index contributed by atoms with van der Waals surface area (Å²) in [5, 5.41) is 2.88. The highest BCUT2D eigenvalue weighted by Gasteiger charge is 2.52. The molecule has 3 amide bonds. The number of nitrogens with one attached hydrogen (secondary N) is 1. The third-order valence-corrected chi connectivity index (χ3v) is 5.73.